The summed E-state index contributed by atoms with van der Waals surface area (Å²) in [7, 11) is 0. The van der Waals surface area contributed by atoms with Crippen LogP contribution in [0.25, 0.3) is 10.9 Å². The Labute approximate surface area is 116 Å². The van der Waals surface area contributed by atoms with Crippen LogP contribution in [0.5, 0.6) is 0 Å². The Morgan fingerprint density at radius 1 is 1.40 bits per heavy atom. The zero-order chi connectivity index (χ0) is 14.7. The predicted molar refractivity (Wildman–Crippen MR) is 76.3 cm³/mol. The summed E-state index contributed by atoms with van der Waals surface area (Å²) in [6.07, 6.45) is 0. The molecule has 0 aliphatic rings. The van der Waals surface area contributed by atoms with Crippen LogP contribution in [-0.4, -0.2) is 22.1 Å². The highest BCUT2D eigenvalue weighted by Crippen LogP contribution is 2.21. The molecule has 1 aromatic heterocycles. The van der Waals surface area contributed by atoms with Gasteiger partial charge in [0.05, 0.1) is 11.1 Å². The number of anilines is 1. The van der Waals surface area contributed by atoms with E-state index < -0.39 is 12.0 Å². The van der Waals surface area contributed by atoms with Crippen LogP contribution in [0.3, 0.4) is 0 Å². The maximum Gasteiger partial charge on any atom is 0.326 e. The largest absolute Gasteiger partial charge is 0.480 e. The molecule has 5 heteroatoms. The molecular formula is C15H15N3O2. The average Bonchev–Trinajstić information content (AvgIpc) is 2.42. The molecule has 0 fully saturated rings. The molecule has 2 aromatic rings. The second-order valence-corrected chi connectivity index (χ2v) is 4.89. The number of nitrogens with one attached hydrogen (secondary N) is 1. The van der Waals surface area contributed by atoms with Crippen molar-refractivity contribution in [2.45, 2.75) is 19.9 Å². The number of aliphatic carboxylic acids is 1. The number of rotatable bonds is 4. The van der Waals surface area contributed by atoms with E-state index in [0.29, 0.717) is 11.4 Å². The highest BCUT2D eigenvalue weighted by atomic mass is 16.4. The number of carboxylic acids is 1. The summed E-state index contributed by atoms with van der Waals surface area (Å²) in [6, 6.07) is 10.4. The second kappa shape index (κ2) is 5.57. The summed E-state index contributed by atoms with van der Waals surface area (Å²) in [5, 5.41) is 22.1. The summed E-state index contributed by atoms with van der Waals surface area (Å²) < 4.78 is 0. The van der Waals surface area contributed by atoms with E-state index in [4.69, 9.17) is 0 Å². The molecular weight excluding hydrogens is 254 g/mol. The molecule has 0 aliphatic heterocycles. The van der Waals surface area contributed by atoms with Gasteiger partial charge in [0.2, 0.25) is 0 Å². The molecule has 1 aromatic carbocycles. The monoisotopic (exact) mass is 269 g/mol. The molecule has 1 heterocycles. The van der Waals surface area contributed by atoms with Crippen LogP contribution in [0, 0.1) is 17.2 Å². The number of para-hydroxylation sites is 1. The standard InChI is InChI=1S/C15H15N3O2/c1-9(2)13(15(19)20)18-14-11(8-16)7-10-5-3-4-6-12(10)17-14/h3-7,9,13H,1-2H3,(H,17,18)(H,19,20). The highest BCUT2D eigenvalue weighted by Gasteiger charge is 2.23. The van der Waals surface area contributed by atoms with Crippen molar-refractivity contribution in [3.63, 3.8) is 0 Å². The van der Waals surface area contributed by atoms with E-state index in [1.54, 1.807) is 19.9 Å². The number of fused-ring (bicyclic) bond motifs is 1. The van der Waals surface area contributed by atoms with Crippen LogP contribution in [0.1, 0.15) is 19.4 Å². The minimum atomic E-state index is -0.959. The zero-order valence-electron chi connectivity index (χ0n) is 11.3. The SMILES string of the molecule is CC(C)C(Nc1nc2ccccc2cc1C#N)C(=O)O. The number of hydrogen-bond donors (Lipinski definition) is 2. The average molecular weight is 269 g/mol. The lowest BCUT2D eigenvalue weighted by Gasteiger charge is -2.19. The Morgan fingerprint density at radius 3 is 2.70 bits per heavy atom. The van der Waals surface area contributed by atoms with Crippen molar-refractivity contribution < 1.29 is 9.90 Å². The van der Waals surface area contributed by atoms with E-state index in [0.717, 1.165) is 10.9 Å². The molecule has 0 amide bonds. The quantitative estimate of drug-likeness (QED) is 0.891. The molecule has 2 rings (SSSR count). The van der Waals surface area contributed by atoms with Gasteiger partial charge in [-0.1, -0.05) is 32.0 Å². The van der Waals surface area contributed by atoms with Crippen LogP contribution in [0.4, 0.5) is 5.82 Å². The smallest absolute Gasteiger partial charge is 0.326 e. The van der Waals surface area contributed by atoms with Gasteiger partial charge in [-0.2, -0.15) is 5.26 Å². The van der Waals surface area contributed by atoms with E-state index in [2.05, 4.69) is 16.4 Å². The van der Waals surface area contributed by atoms with Gasteiger partial charge in [0.1, 0.15) is 17.9 Å². The van der Waals surface area contributed by atoms with Gasteiger partial charge in [-0.3, -0.25) is 0 Å². The molecule has 102 valence electrons. The van der Waals surface area contributed by atoms with E-state index >= 15 is 0 Å². The third kappa shape index (κ3) is 2.69. The number of carboxylic acid groups (broad SMARTS) is 1. The molecule has 0 bridgehead atoms. The summed E-state index contributed by atoms with van der Waals surface area (Å²) in [6.45, 7) is 3.61. The predicted octanol–water partition coefficient (Wildman–Crippen LogP) is 2.63. The number of nitriles is 1. The van der Waals surface area contributed by atoms with Crippen molar-refractivity contribution in [1.29, 1.82) is 5.26 Å². The molecule has 1 unspecified atom stereocenters. The number of carbonyl (C=O) groups is 1. The number of aromatic nitrogens is 1. The minimum Gasteiger partial charge on any atom is -0.480 e. The third-order valence-corrected chi connectivity index (χ3v) is 3.07. The maximum absolute atomic E-state index is 11.2. The first-order chi connectivity index (χ1) is 9.52. The van der Waals surface area contributed by atoms with Gasteiger partial charge in [0.15, 0.2) is 0 Å². The van der Waals surface area contributed by atoms with Crippen molar-refractivity contribution in [1.82, 2.24) is 4.98 Å². The lowest BCUT2D eigenvalue weighted by molar-refractivity contribution is -0.138. The van der Waals surface area contributed by atoms with Gasteiger partial charge in [0.25, 0.3) is 0 Å². The van der Waals surface area contributed by atoms with Gasteiger partial charge in [-0.05, 0) is 18.1 Å². The van der Waals surface area contributed by atoms with E-state index in [1.807, 2.05) is 24.3 Å². The van der Waals surface area contributed by atoms with E-state index in [-0.39, 0.29) is 5.92 Å². The lowest BCUT2D eigenvalue weighted by Crippen LogP contribution is -2.34. The molecule has 0 spiro atoms. The maximum atomic E-state index is 11.2. The van der Waals surface area contributed by atoms with Crippen LogP contribution >= 0.6 is 0 Å². The fourth-order valence-corrected chi connectivity index (χ4v) is 1.97. The highest BCUT2D eigenvalue weighted by molar-refractivity contribution is 5.84. The van der Waals surface area contributed by atoms with Gasteiger partial charge in [-0.25, -0.2) is 9.78 Å². The molecule has 0 radical (unpaired) electrons. The molecule has 2 N–H and O–H groups in total. The van der Waals surface area contributed by atoms with Crippen LogP contribution in [0.15, 0.2) is 30.3 Å². The van der Waals surface area contributed by atoms with Crippen molar-refractivity contribution in [2.75, 3.05) is 5.32 Å². The Bertz CT molecular complexity index is 689. The van der Waals surface area contributed by atoms with Gasteiger partial charge < -0.3 is 10.4 Å². The van der Waals surface area contributed by atoms with Gasteiger partial charge >= 0.3 is 5.97 Å². The number of nitrogens with zero attached hydrogens (tertiary/aromatic N) is 2. The van der Waals surface area contributed by atoms with Crippen molar-refractivity contribution in [3.8, 4) is 6.07 Å². The van der Waals surface area contributed by atoms with E-state index in [9.17, 15) is 15.2 Å². The van der Waals surface area contributed by atoms with Crippen LogP contribution in [0.2, 0.25) is 0 Å². The first-order valence-electron chi connectivity index (χ1n) is 6.32. The van der Waals surface area contributed by atoms with E-state index in [1.165, 1.54) is 0 Å². The molecule has 1 atom stereocenters. The molecule has 0 saturated carbocycles. The second-order valence-electron chi connectivity index (χ2n) is 4.89. The molecule has 20 heavy (non-hydrogen) atoms. The summed E-state index contributed by atoms with van der Waals surface area (Å²) in [4.78, 5) is 15.6. The summed E-state index contributed by atoms with van der Waals surface area (Å²) in [5.41, 5.74) is 1.07. The zero-order valence-corrected chi connectivity index (χ0v) is 11.3. The Morgan fingerprint density at radius 2 is 2.10 bits per heavy atom. The summed E-state index contributed by atoms with van der Waals surface area (Å²) in [5.74, 6) is -0.765. The molecule has 0 saturated heterocycles. The number of hydrogen-bond acceptors (Lipinski definition) is 4. The molecule has 0 aliphatic carbocycles. The third-order valence-electron chi connectivity index (χ3n) is 3.07. The number of benzene rings is 1. The van der Waals surface area contributed by atoms with Gasteiger partial charge in [0, 0.05) is 5.39 Å². The summed E-state index contributed by atoms with van der Waals surface area (Å²) >= 11 is 0. The van der Waals surface area contributed by atoms with Crippen molar-refractivity contribution in [2.24, 2.45) is 5.92 Å². The minimum absolute atomic E-state index is 0.118. The first kappa shape index (κ1) is 13.8. The fraction of sp³-hybridized carbons (Fsp3) is 0.267. The molecule has 5 nitrogen and oxygen atoms in total. The Balaban J connectivity index is 2.47. The van der Waals surface area contributed by atoms with Crippen molar-refractivity contribution >= 4 is 22.7 Å². The normalized spacial score (nSPS) is 12.1. The van der Waals surface area contributed by atoms with Crippen molar-refractivity contribution in [3.05, 3.63) is 35.9 Å². The Kier molecular flexibility index (Phi) is 3.85. The fourth-order valence-electron chi connectivity index (χ4n) is 1.97. The van der Waals surface area contributed by atoms with Gasteiger partial charge in [-0.15, -0.1) is 0 Å². The lowest BCUT2D eigenvalue weighted by atomic mass is 10.0. The first-order valence-corrected chi connectivity index (χ1v) is 6.32. The van der Waals surface area contributed by atoms with Crippen LogP contribution in [-0.2, 0) is 4.79 Å². The Hall–Kier alpha value is -2.61. The topological polar surface area (TPSA) is 86.0 Å². The number of pyridine rings is 1. The van der Waals surface area contributed by atoms with Crippen LogP contribution < -0.4 is 5.32 Å².